The minimum atomic E-state index is 0.549. The maximum Gasteiger partial charge on any atom is 0.264 e. The van der Waals surface area contributed by atoms with Crippen molar-refractivity contribution in [3.8, 4) is 11.6 Å². The molecule has 144 valence electrons. The summed E-state index contributed by atoms with van der Waals surface area (Å²) in [6.07, 6.45) is 8.81. The summed E-state index contributed by atoms with van der Waals surface area (Å²) in [4.78, 5) is 6.82. The first-order valence-corrected chi connectivity index (χ1v) is 9.78. The molecule has 4 rings (SSSR count). The molecule has 0 bridgehead atoms. The Morgan fingerprint density at radius 1 is 1.19 bits per heavy atom. The predicted octanol–water partition coefficient (Wildman–Crippen LogP) is 3.33. The second-order valence-corrected chi connectivity index (χ2v) is 7.50. The monoisotopic (exact) mass is 368 g/mol. The fraction of sp³-hybridized carbons (Fsp3) is 0.550. The summed E-state index contributed by atoms with van der Waals surface area (Å²) in [5.41, 5.74) is 2.15. The van der Waals surface area contributed by atoms with Gasteiger partial charge in [-0.2, -0.15) is 0 Å². The highest BCUT2D eigenvalue weighted by Crippen LogP contribution is 2.24. The number of rotatable bonds is 6. The van der Waals surface area contributed by atoms with E-state index in [9.17, 15) is 0 Å². The topological polar surface area (TPSA) is 64.9 Å². The highest BCUT2D eigenvalue weighted by Gasteiger charge is 2.24. The first-order chi connectivity index (χ1) is 13.1. The summed E-state index contributed by atoms with van der Waals surface area (Å²) in [5, 5.41) is 8.58. The molecule has 3 aromatic rings. The lowest BCUT2D eigenvalue weighted by atomic mass is 9.99. The lowest BCUT2D eigenvalue weighted by Crippen LogP contribution is -2.39. The average molecular weight is 368 g/mol. The Kier molecular flexibility index (Phi) is 5.11. The molecule has 7 nitrogen and oxygen atoms in total. The van der Waals surface area contributed by atoms with Crippen LogP contribution in [0.1, 0.15) is 43.1 Å². The number of hydrogen-bond acceptors (Lipinski definition) is 5. The third-order valence-corrected chi connectivity index (χ3v) is 5.77. The van der Waals surface area contributed by atoms with E-state index in [4.69, 9.17) is 4.42 Å². The Morgan fingerprint density at radius 3 is 2.81 bits per heavy atom. The van der Waals surface area contributed by atoms with Crippen molar-refractivity contribution >= 4 is 0 Å². The molecular formula is C20H28N6O. The average Bonchev–Trinajstić information content (AvgIpc) is 3.37. The number of likely N-dealkylation sites (tertiary alicyclic amines) is 1. The molecule has 1 atom stereocenters. The fourth-order valence-corrected chi connectivity index (χ4v) is 3.95. The van der Waals surface area contributed by atoms with Gasteiger partial charge in [0.25, 0.3) is 5.89 Å². The number of piperidine rings is 1. The van der Waals surface area contributed by atoms with E-state index in [-0.39, 0.29) is 0 Å². The molecule has 3 aromatic heterocycles. The second-order valence-electron chi connectivity index (χ2n) is 7.50. The van der Waals surface area contributed by atoms with E-state index in [0.717, 1.165) is 37.6 Å². The van der Waals surface area contributed by atoms with Crippen molar-refractivity contribution in [3.05, 3.63) is 41.9 Å². The van der Waals surface area contributed by atoms with Crippen LogP contribution < -0.4 is 0 Å². The van der Waals surface area contributed by atoms with E-state index < -0.39 is 0 Å². The number of hydrogen-bond donors (Lipinski definition) is 0. The molecule has 0 unspecified atom stereocenters. The highest BCUT2D eigenvalue weighted by molar-refractivity contribution is 5.48. The van der Waals surface area contributed by atoms with Crippen LogP contribution in [0.15, 0.2) is 28.9 Å². The van der Waals surface area contributed by atoms with Gasteiger partial charge in [0.2, 0.25) is 5.89 Å². The normalized spacial score (nSPS) is 18.3. The summed E-state index contributed by atoms with van der Waals surface area (Å²) < 4.78 is 10.3. The van der Waals surface area contributed by atoms with E-state index >= 15 is 0 Å². The Labute approximate surface area is 160 Å². The van der Waals surface area contributed by atoms with Crippen LogP contribution in [0.3, 0.4) is 0 Å². The van der Waals surface area contributed by atoms with E-state index in [2.05, 4.69) is 55.3 Å². The zero-order valence-corrected chi connectivity index (χ0v) is 16.4. The third-order valence-electron chi connectivity index (χ3n) is 5.77. The number of aryl methyl sites for hydroxylation is 3. The van der Waals surface area contributed by atoms with Crippen LogP contribution in [0.5, 0.6) is 0 Å². The summed E-state index contributed by atoms with van der Waals surface area (Å²) in [7, 11) is 2.02. The van der Waals surface area contributed by atoms with Crippen molar-refractivity contribution in [1.82, 2.24) is 29.2 Å². The molecule has 1 aliphatic heterocycles. The van der Waals surface area contributed by atoms with Crippen LogP contribution in [-0.2, 0) is 20.1 Å². The molecular weight excluding hydrogens is 340 g/mol. The SMILES string of the molecule is Cc1nccn1CC[C@@H]1CCCCN1Cc1nnc(-c2ccc(C)n2C)o1. The van der Waals surface area contributed by atoms with Gasteiger partial charge in [0, 0.05) is 37.7 Å². The lowest BCUT2D eigenvalue weighted by Gasteiger charge is -2.34. The van der Waals surface area contributed by atoms with Crippen molar-refractivity contribution in [2.24, 2.45) is 7.05 Å². The van der Waals surface area contributed by atoms with E-state index in [1.54, 1.807) is 0 Å². The van der Waals surface area contributed by atoms with Crippen LogP contribution in [0.4, 0.5) is 0 Å². The lowest BCUT2D eigenvalue weighted by molar-refractivity contribution is 0.117. The van der Waals surface area contributed by atoms with Crippen molar-refractivity contribution in [2.45, 2.75) is 58.7 Å². The molecule has 0 radical (unpaired) electrons. The van der Waals surface area contributed by atoms with Crippen LogP contribution >= 0.6 is 0 Å². The first-order valence-electron chi connectivity index (χ1n) is 9.78. The smallest absolute Gasteiger partial charge is 0.264 e. The van der Waals surface area contributed by atoms with Crippen molar-refractivity contribution in [2.75, 3.05) is 6.54 Å². The largest absolute Gasteiger partial charge is 0.418 e. The Balaban J connectivity index is 1.42. The fourth-order valence-electron chi connectivity index (χ4n) is 3.95. The summed E-state index contributed by atoms with van der Waals surface area (Å²) in [5.74, 6) is 2.38. The molecule has 0 spiro atoms. The van der Waals surface area contributed by atoms with Crippen molar-refractivity contribution < 1.29 is 4.42 Å². The second kappa shape index (κ2) is 7.68. The van der Waals surface area contributed by atoms with Gasteiger partial charge < -0.3 is 13.6 Å². The molecule has 0 saturated carbocycles. The number of aromatic nitrogens is 5. The zero-order valence-electron chi connectivity index (χ0n) is 16.4. The standard InChI is InChI=1S/C20H28N6O/c1-15-7-8-18(24(15)3)20-23-22-19(27-20)14-26-11-5-4-6-17(26)9-12-25-13-10-21-16(25)2/h7-8,10,13,17H,4-6,9,11-12,14H2,1-3H3/t17-/m0/s1. The van der Waals surface area contributed by atoms with Crippen molar-refractivity contribution in [1.29, 1.82) is 0 Å². The van der Waals surface area contributed by atoms with Gasteiger partial charge in [-0.3, -0.25) is 4.90 Å². The minimum Gasteiger partial charge on any atom is -0.418 e. The molecule has 27 heavy (non-hydrogen) atoms. The zero-order chi connectivity index (χ0) is 18.8. The molecule has 1 fully saturated rings. The van der Waals surface area contributed by atoms with Crippen LogP contribution in [0.2, 0.25) is 0 Å². The van der Waals surface area contributed by atoms with Crippen LogP contribution in [0.25, 0.3) is 11.6 Å². The molecule has 1 saturated heterocycles. The van der Waals surface area contributed by atoms with E-state index in [1.807, 2.05) is 19.3 Å². The highest BCUT2D eigenvalue weighted by atomic mass is 16.4. The molecule has 0 amide bonds. The number of nitrogens with zero attached hydrogens (tertiary/aromatic N) is 6. The Bertz CT molecular complexity index is 892. The molecule has 4 heterocycles. The van der Waals surface area contributed by atoms with Crippen LogP contribution in [0, 0.1) is 13.8 Å². The molecule has 0 N–H and O–H groups in total. The van der Waals surface area contributed by atoms with Crippen molar-refractivity contribution in [3.63, 3.8) is 0 Å². The van der Waals surface area contributed by atoms with E-state index in [0.29, 0.717) is 17.8 Å². The molecule has 0 aliphatic carbocycles. The van der Waals surface area contributed by atoms with Crippen LogP contribution in [-0.4, -0.2) is 41.8 Å². The Morgan fingerprint density at radius 2 is 2.07 bits per heavy atom. The van der Waals surface area contributed by atoms with E-state index in [1.165, 1.54) is 25.0 Å². The maximum atomic E-state index is 5.98. The van der Waals surface area contributed by atoms with Gasteiger partial charge in [-0.15, -0.1) is 10.2 Å². The van der Waals surface area contributed by atoms with Gasteiger partial charge in [0.05, 0.1) is 6.54 Å². The number of imidazole rings is 1. The summed E-state index contributed by atoms with van der Waals surface area (Å²) in [6.45, 7) is 6.95. The molecule has 1 aliphatic rings. The van der Waals surface area contributed by atoms with Gasteiger partial charge in [-0.25, -0.2) is 4.98 Å². The summed E-state index contributed by atoms with van der Waals surface area (Å²) >= 11 is 0. The third kappa shape index (κ3) is 3.83. The van der Waals surface area contributed by atoms with Gasteiger partial charge in [0.1, 0.15) is 11.5 Å². The predicted molar refractivity (Wildman–Crippen MR) is 103 cm³/mol. The van der Waals surface area contributed by atoms with Gasteiger partial charge in [-0.1, -0.05) is 6.42 Å². The minimum absolute atomic E-state index is 0.549. The molecule has 0 aromatic carbocycles. The summed E-state index contributed by atoms with van der Waals surface area (Å²) in [6, 6.07) is 4.65. The van der Waals surface area contributed by atoms with Gasteiger partial charge in [0.15, 0.2) is 0 Å². The Hall–Kier alpha value is -2.41. The quantitative estimate of drug-likeness (QED) is 0.668. The maximum absolute atomic E-state index is 5.98. The van der Waals surface area contributed by atoms with Gasteiger partial charge in [-0.05, 0) is 51.8 Å². The first kappa shape index (κ1) is 18.0. The molecule has 7 heteroatoms. The van der Waals surface area contributed by atoms with Gasteiger partial charge >= 0.3 is 0 Å².